The molecule has 0 amide bonds. The molecular formula is C14H11F2NO. The van der Waals surface area contributed by atoms with E-state index in [1.165, 1.54) is 18.3 Å². The molecule has 0 atom stereocenters. The average molecular weight is 247 g/mol. The molecule has 0 aliphatic carbocycles. The van der Waals surface area contributed by atoms with Gasteiger partial charge in [0.1, 0.15) is 17.4 Å². The van der Waals surface area contributed by atoms with E-state index in [-0.39, 0.29) is 12.3 Å². The minimum atomic E-state index is -0.622. The molecule has 0 bridgehead atoms. The smallest absolute Gasteiger partial charge is 0.126 e. The molecular weight excluding hydrogens is 236 g/mol. The fraction of sp³-hybridized carbons (Fsp3) is 0.0714. The van der Waals surface area contributed by atoms with Gasteiger partial charge in [-0.2, -0.15) is 0 Å². The van der Waals surface area contributed by atoms with Crippen LogP contribution in [0.4, 0.5) is 8.78 Å². The van der Waals surface area contributed by atoms with E-state index in [2.05, 4.69) is 4.99 Å². The quantitative estimate of drug-likeness (QED) is 0.829. The summed E-state index contributed by atoms with van der Waals surface area (Å²) in [6, 6.07) is 9.98. The number of hydrogen-bond acceptors (Lipinski definition) is 2. The predicted molar refractivity (Wildman–Crippen MR) is 65.8 cm³/mol. The van der Waals surface area contributed by atoms with Crippen LogP contribution in [0.15, 0.2) is 47.5 Å². The van der Waals surface area contributed by atoms with E-state index >= 15 is 0 Å². The number of phenolic OH excluding ortho intramolecular Hbond substituents is 1. The van der Waals surface area contributed by atoms with Crippen molar-refractivity contribution in [3.8, 4) is 5.75 Å². The van der Waals surface area contributed by atoms with Crippen molar-refractivity contribution in [2.75, 3.05) is 0 Å². The van der Waals surface area contributed by atoms with E-state index in [4.69, 9.17) is 0 Å². The number of rotatable bonds is 3. The van der Waals surface area contributed by atoms with Crippen molar-refractivity contribution in [3.63, 3.8) is 0 Å². The first-order valence-corrected chi connectivity index (χ1v) is 5.38. The molecule has 0 fully saturated rings. The molecule has 0 aromatic heterocycles. The maximum absolute atomic E-state index is 12.9. The van der Waals surface area contributed by atoms with Crippen molar-refractivity contribution in [3.05, 3.63) is 65.2 Å². The fourth-order valence-corrected chi connectivity index (χ4v) is 1.55. The van der Waals surface area contributed by atoms with Gasteiger partial charge in [-0.25, -0.2) is 8.78 Å². The van der Waals surface area contributed by atoms with Gasteiger partial charge in [0, 0.05) is 17.8 Å². The highest BCUT2D eigenvalue weighted by Gasteiger charge is 1.99. The third-order valence-electron chi connectivity index (χ3n) is 2.36. The number of para-hydroxylation sites is 1. The SMILES string of the molecule is Oc1ccccc1C=NCc1cc(F)cc(F)c1. The lowest BCUT2D eigenvalue weighted by molar-refractivity contribution is 0.474. The van der Waals surface area contributed by atoms with Gasteiger partial charge in [0.25, 0.3) is 0 Å². The van der Waals surface area contributed by atoms with Gasteiger partial charge in [0.15, 0.2) is 0 Å². The summed E-state index contributed by atoms with van der Waals surface area (Å²) in [5, 5.41) is 9.48. The van der Waals surface area contributed by atoms with Crippen LogP contribution >= 0.6 is 0 Å². The van der Waals surface area contributed by atoms with Crippen LogP contribution in [0.5, 0.6) is 5.75 Å². The molecule has 0 unspecified atom stereocenters. The number of phenols is 1. The molecule has 2 aromatic carbocycles. The van der Waals surface area contributed by atoms with E-state index < -0.39 is 11.6 Å². The van der Waals surface area contributed by atoms with Crippen molar-refractivity contribution in [2.24, 2.45) is 4.99 Å². The Morgan fingerprint density at radius 1 is 1.06 bits per heavy atom. The standard InChI is InChI=1S/C14H11F2NO/c15-12-5-10(6-13(16)7-12)8-17-9-11-3-1-2-4-14(11)18/h1-7,9,18H,8H2. The van der Waals surface area contributed by atoms with Crippen LogP contribution in [-0.2, 0) is 6.54 Å². The van der Waals surface area contributed by atoms with Crippen LogP contribution in [-0.4, -0.2) is 11.3 Å². The lowest BCUT2D eigenvalue weighted by Gasteiger charge is -1.99. The highest BCUT2D eigenvalue weighted by molar-refractivity contribution is 5.83. The summed E-state index contributed by atoms with van der Waals surface area (Å²) in [7, 11) is 0. The Bertz CT molecular complexity index is 562. The van der Waals surface area contributed by atoms with Crippen molar-refractivity contribution in [1.29, 1.82) is 0 Å². The first kappa shape index (κ1) is 12.2. The van der Waals surface area contributed by atoms with Crippen LogP contribution in [0.2, 0.25) is 0 Å². The Morgan fingerprint density at radius 3 is 2.39 bits per heavy atom. The third kappa shape index (κ3) is 3.13. The van der Waals surface area contributed by atoms with Crippen LogP contribution in [0, 0.1) is 11.6 Å². The summed E-state index contributed by atoms with van der Waals surface area (Å²) < 4.78 is 25.8. The first-order chi connectivity index (χ1) is 8.65. The van der Waals surface area contributed by atoms with Gasteiger partial charge < -0.3 is 5.11 Å². The first-order valence-electron chi connectivity index (χ1n) is 5.38. The number of nitrogens with zero attached hydrogens (tertiary/aromatic N) is 1. The molecule has 4 heteroatoms. The molecule has 2 rings (SSSR count). The Balaban J connectivity index is 2.10. The van der Waals surface area contributed by atoms with E-state index in [1.807, 2.05) is 0 Å². The molecule has 0 saturated carbocycles. The number of aromatic hydroxyl groups is 1. The largest absolute Gasteiger partial charge is 0.507 e. The molecule has 2 nitrogen and oxygen atoms in total. The lowest BCUT2D eigenvalue weighted by atomic mass is 10.2. The average Bonchev–Trinajstić information content (AvgIpc) is 2.30. The van der Waals surface area contributed by atoms with Gasteiger partial charge in [-0.1, -0.05) is 12.1 Å². The van der Waals surface area contributed by atoms with Crippen molar-refractivity contribution < 1.29 is 13.9 Å². The monoisotopic (exact) mass is 247 g/mol. The molecule has 0 saturated heterocycles. The second kappa shape index (κ2) is 5.40. The van der Waals surface area contributed by atoms with Gasteiger partial charge in [0.05, 0.1) is 6.54 Å². The predicted octanol–water partition coefficient (Wildman–Crippen LogP) is 3.29. The molecule has 0 aliphatic heterocycles. The summed E-state index contributed by atoms with van der Waals surface area (Å²) in [4.78, 5) is 4.04. The number of halogens is 2. The molecule has 1 N–H and O–H groups in total. The van der Waals surface area contributed by atoms with Gasteiger partial charge >= 0.3 is 0 Å². The lowest BCUT2D eigenvalue weighted by Crippen LogP contribution is -1.88. The maximum atomic E-state index is 12.9. The molecule has 0 heterocycles. The van der Waals surface area contributed by atoms with Crippen LogP contribution < -0.4 is 0 Å². The summed E-state index contributed by atoms with van der Waals surface area (Å²) in [5.74, 6) is -1.13. The number of benzene rings is 2. The molecule has 0 radical (unpaired) electrons. The minimum Gasteiger partial charge on any atom is -0.507 e. The second-order valence-electron chi connectivity index (χ2n) is 3.81. The van der Waals surface area contributed by atoms with Crippen LogP contribution in [0.3, 0.4) is 0 Å². The Labute approximate surface area is 103 Å². The zero-order valence-electron chi connectivity index (χ0n) is 9.48. The Morgan fingerprint density at radius 2 is 1.72 bits per heavy atom. The van der Waals surface area contributed by atoms with Crippen molar-refractivity contribution >= 4 is 6.21 Å². The minimum absolute atomic E-state index is 0.117. The highest BCUT2D eigenvalue weighted by Crippen LogP contribution is 2.13. The van der Waals surface area contributed by atoms with Gasteiger partial charge in [-0.3, -0.25) is 4.99 Å². The van der Waals surface area contributed by atoms with Crippen molar-refractivity contribution in [1.82, 2.24) is 0 Å². The topological polar surface area (TPSA) is 32.6 Å². The summed E-state index contributed by atoms with van der Waals surface area (Å²) in [6.07, 6.45) is 1.47. The van der Waals surface area contributed by atoms with E-state index in [1.54, 1.807) is 24.3 Å². The van der Waals surface area contributed by atoms with Crippen molar-refractivity contribution in [2.45, 2.75) is 6.54 Å². The maximum Gasteiger partial charge on any atom is 0.126 e. The normalized spacial score (nSPS) is 11.0. The molecule has 92 valence electrons. The molecule has 2 aromatic rings. The number of aliphatic imine (C=N–C) groups is 1. The third-order valence-corrected chi connectivity index (χ3v) is 2.36. The van der Waals surface area contributed by atoms with Gasteiger partial charge in [-0.05, 0) is 29.8 Å². The van der Waals surface area contributed by atoms with Crippen LogP contribution in [0.1, 0.15) is 11.1 Å². The Hall–Kier alpha value is -2.23. The zero-order valence-corrected chi connectivity index (χ0v) is 9.48. The highest BCUT2D eigenvalue weighted by atomic mass is 19.1. The van der Waals surface area contributed by atoms with E-state index in [9.17, 15) is 13.9 Å². The summed E-state index contributed by atoms with van der Waals surface area (Å²) in [5.41, 5.74) is 1.01. The number of hydrogen-bond donors (Lipinski definition) is 1. The molecule has 0 spiro atoms. The van der Waals surface area contributed by atoms with Gasteiger partial charge in [-0.15, -0.1) is 0 Å². The summed E-state index contributed by atoms with van der Waals surface area (Å²) >= 11 is 0. The molecule has 18 heavy (non-hydrogen) atoms. The van der Waals surface area contributed by atoms with E-state index in [0.717, 1.165) is 6.07 Å². The second-order valence-corrected chi connectivity index (χ2v) is 3.81. The molecule has 0 aliphatic rings. The van der Waals surface area contributed by atoms with Gasteiger partial charge in [0.2, 0.25) is 0 Å². The Kier molecular flexibility index (Phi) is 3.67. The fourth-order valence-electron chi connectivity index (χ4n) is 1.55. The zero-order chi connectivity index (χ0) is 13.0. The van der Waals surface area contributed by atoms with Crippen LogP contribution in [0.25, 0.3) is 0 Å². The van der Waals surface area contributed by atoms with E-state index in [0.29, 0.717) is 11.1 Å². The summed E-state index contributed by atoms with van der Waals surface area (Å²) in [6.45, 7) is 0.156.